The Bertz CT molecular complexity index is 1290. The summed E-state index contributed by atoms with van der Waals surface area (Å²) in [5.74, 6) is -2.35. The third kappa shape index (κ3) is 4.71. The number of carbonyl (C=O) groups excluding carboxylic acids is 4. The van der Waals surface area contributed by atoms with Crippen LogP contribution in [0.5, 0.6) is 0 Å². The number of nitrogens with zero attached hydrogens (tertiary/aromatic N) is 4. The lowest BCUT2D eigenvalue weighted by Crippen LogP contribution is -2.43. The Balaban J connectivity index is 1.47. The molecule has 2 atom stereocenters. The molecule has 2 heterocycles. The van der Waals surface area contributed by atoms with Gasteiger partial charge < -0.3 is 0 Å². The van der Waals surface area contributed by atoms with Crippen molar-refractivity contribution < 1.29 is 19.2 Å². The van der Waals surface area contributed by atoms with Crippen molar-refractivity contribution in [2.24, 2.45) is 16.9 Å². The lowest BCUT2D eigenvalue weighted by Gasteiger charge is -2.30. The van der Waals surface area contributed by atoms with Crippen molar-refractivity contribution in [2.45, 2.75) is 39.2 Å². The molecule has 0 radical (unpaired) electrons. The Morgan fingerprint density at radius 2 is 1.62 bits per heavy atom. The molecule has 1 saturated carbocycles. The van der Waals surface area contributed by atoms with Crippen LogP contribution in [0.4, 0.5) is 4.79 Å². The second kappa shape index (κ2) is 10.1. The summed E-state index contributed by atoms with van der Waals surface area (Å²) in [4.78, 5) is 53.2. The van der Waals surface area contributed by atoms with E-state index in [1.54, 1.807) is 0 Å². The molecule has 0 N–H and O–H groups in total. The molecule has 0 spiro atoms. The molecule has 1 aliphatic carbocycles. The van der Waals surface area contributed by atoms with E-state index in [1.165, 1.54) is 5.01 Å². The maximum absolute atomic E-state index is 13.6. The minimum atomic E-state index is -0.968. The highest BCUT2D eigenvalue weighted by Crippen LogP contribution is 2.44. The molecule has 190 valence electrons. The average molecular weight is 499 g/mol. The predicted molar refractivity (Wildman–Crippen MR) is 139 cm³/mol. The minimum Gasteiger partial charge on any atom is -0.271 e. The Hall–Kier alpha value is -4.07. The van der Waals surface area contributed by atoms with Crippen LogP contribution in [0.1, 0.15) is 50.3 Å². The zero-order valence-electron chi connectivity index (χ0n) is 21.0. The van der Waals surface area contributed by atoms with Crippen LogP contribution in [0.2, 0.25) is 0 Å². The van der Waals surface area contributed by atoms with Crippen molar-refractivity contribution in [1.29, 1.82) is 0 Å². The normalized spacial score (nSPS) is 22.8. The molecule has 0 unspecified atom stereocenters. The van der Waals surface area contributed by atoms with E-state index in [4.69, 9.17) is 5.10 Å². The first-order chi connectivity index (χ1) is 17.8. The third-order valence-electron chi connectivity index (χ3n) is 7.01. The largest absolute Gasteiger partial charge is 0.334 e. The first-order valence-corrected chi connectivity index (χ1v) is 12.7. The Kier molecular flexibility index (Phi) is 6.74. The van der Waals surface area contributed by atoms with Gasteiger partial charge in [-0.3, -0.25) is 19.3 Å². The first kappa shape index (κ1) is 24.6. The second-order valence-electron chi connectivity index (χ2n) is 10.1. The molecule has 2 aromatic rings. The number of imide groups is 2. The highest BCUT2D eigenvalue weighted by atomic mass is 16.2. The molecule has 37 heavy (non-hydrogen) atoms. The molecule has 2 aromatic carbocycles. The number of amides is 5. The fourth-order valence-corrected chi connectivity index (χ4v) is 5.36. The van der Waals surface area contributed by atoms with Crippen molar-refractivity contribution in [2.75, 3.05) is 13.1 Å². The Morgan fingerprint density at radius 1 is 0.973 bits per heavy atom. The van der Waals surface area contributed by atoms with Crippen molar-refractivity contribution in [3.8, 4) is 0 Å². The number of benzene rings is 2. The molecule has 3 aliphatic rings. The smallest absolute Gasteiger partial charge is 0.271 e. The Morgan fingerprint density at radius 3 is 2.30 bits per heavy atom. The van der Waals surface area contributed by atoms with Gasteiger partial charge in [-0.1, -0.05) is 74.5 Å². The molecule has 8 nitrogen and oxygen atoms in total. The highest BCUT2D eigenvalue weighted by molar-refractivity contribution is 6.45. The molecule has 2 aliphatic heterocycles. The van der Waals surface area contributed by atoms with Gasteiger partial charge in [0, 0.05) is 12.5 Å². The fraction of sp³-hybridized carbons (Fsp3) is 0.345. The standard InChI is InChI=1S/C29H30N4O4/c1-19(2)17-31-27(35)28(36)32(29(31)37)18-24(34)33-26(21-12-7-4-8-13-21)23-15-9-14-22(25(23)30-33)16-20-10-5-3-6-11-20/h3-8,10-13,16,19,23,26H,9,14-15,17-18H2,1-2H3/b22-16-/t23-,26+/m1/s1. The number of hydrogen-bond donors (Lipinski definition) is 0. The van der Waals surface area contributed by atoms with E-state index in [2.05, 4.69) is 6.08 Å². The van der Waals surface area contributed by atoms with Crippen LogP contribution in [0, 0.1) is 11.8 Å². The van der Waals surface area contributed by atoms with Crippen LogP contribution in [0.3, 0.4) is 0 Å². The van der Waals surface area contributed by atoms with Gasteiger partial charge in [0.15, 0.2) is 0 Å². The van der Waals surface area contributed by atoms with Crippen LogP contribution in [0.15, 0.2) is 71.3 Å². The molecular weight excluding hydrogens is 468 g/mol. The molecule has 1 saturated heterocycles. The lowest BCUT2D eigenvalue weighted by atomic mass is 9.77. The van der Waals surface area contributed by atoms with Crippen LogP contribution < -0.4 is 0 Å². The van der Waals surface area contributed by atoms with Gasteiger partial charge in [0.25, 0.3) is 5.91 Å². The number of fused-ring (bicyclic) bond motifs is 1. The van der Waals surface area contributed by atoms with Crippen molar-refractivity contribution in [3.63, 3.8) is 0 Å². The number of allylic oxidation sites excluding steroid dienone is 1. The molecule has 2 fully saturated rings. The van der Waals surface area contributed by atoms with Crippen molar-refractivity contribution >= 4 is 35.5 Å². The second-order valence-corrected chi connectivity index (χ2v) is 10.1. The molecule has 5 amide bonds. The maximum atomic E-state index is 13.6. The zero-order chi connectivity index (χ0) is 26.1. The number of hydrogen-bond acceptors (Lipinski definition) is 5. The van der Waals surface area contributed by atoms with Crippen LogP contribution in [-0.4, -0.2) is 57.4 Å². The van der Waals surface area contributed by atoms with E-state index in [1.807, 2.05) is 74.5 Å². The molecular formula is C29H30N4O4. The summed E-state index contributed by atoms with van der Waals surface area (Å²) < 4.78 is 0. The van der Waals surface area contributed by atoms with Gasteiger partial charge in [-0.15, -0.1) is 0 Å². The van der Waals surface area contributed by atoms with Gasteiger partial charge in [-0.2, -0.15) is 5.10 Å². The quantitative estimate of drug-likeness (QED) is 0.440. The summed E-state index contributed by atoms with van der Waals surface area (Å²) in [5, 5.41) is 6.23. The number of rotatable bonds is 6. The summed E-state index contributed by atoms with van der Waals surface area (Å²) in [7, 11) is 0. The van der Waals surface area contributed by atoms with Crippen molar-refractivity contribution in [3.05, 3.63) is 77.4 Å². The lowest BCUT2D eigenvalue weighted by molar-refractivity contribution is -0.145. The highest BCUT2D eigenvalue weighted by Gasteiger charge is 2.48. The van der Waals surface area contributed by atoms with E-state index in [-0.39, 0.29) is 24.4 Å². The van der Waals surface area contributed by atoms with Crippen LogP contribution in [0.25, 0.3) is 6.08 Å². The monoisotopic (exact) mass is 498 g/mol. The van der Waals surface area contributed by atoms with E-state index >= 15 is 0 Å². The van der Waals surface area contributed by atoms with Crippen LogP contribution >= 0.6 is 0 Å². The van der Waals surface area contributed by atoms with Gasteiger partial charge in [-0.25, -0.2) is 14.7 Å². The summed E-state index contributed by atoms with van der Waals surface area (Å²) in [6.45, 7) is 3.31. The van der Waals surface area contributed by atoms with Gasteiger partial charge in [0.2, 0.25) is 0 Å². The van der Waals surface area contributed by atoms with E-state index in [0.717, 1.165) is 51.5 Å². The third-order valence-corrected chi connectivity index (χ3v) is 7.01. The van der Waals surface area contributed by atoms with Crippen molar-refractivity contribution in [1.82, 2.24) is 14.8 Å². The molecule has 8 heteroatoms. The van der Waals surface area contributed by atoms with E-state index < -0.39 is 30.3 Å². The molecule has 5 rings (SSSR count). The number of urea groups is 1. The van der Waals surface area contributed by atoms with Gasteiger partial charge in [-0.05, 0) is 48.0 Å². The van der Waals surface area contributed by atoms with E-state index in [0.29, 0.717) is 0 Å². The topological polar surface area (TPSA) is 90.4 Å². The number of carbonyl (C=O) groups is 4. The minimum absolute atomic E-state index is 0.000820. The van der Waals surface area contributed by atoms with E-state index in [9.17, 15) is 19.2 Å². The SMILES string of the molecule is CC(C)CN1C(=O)C(=O)N(CC(=O)N2N=C3/C(=C\c4ccccc4)CCC[C@H]3[C@@H]2c2ccccc2)C1=O. The molecule has 0 bridgehead atoms. The summed E-state index contributed by atoms with van der Waals surface area (Å²) in [6, 6.07) is 18.6. The molecule has 0 aromatic heterocycles. The van der Waals surface area contributed by atoms with Gasteiger partial charge in [0.05, 0.1) is 11.8 Å². The fourth-order valence-electron chi connectivity index (χ4n) is 5.36. The summed E-state index contributed by atoms with van der Waals surface area (Å²) >= 11 is 0. The van der Waals surface area contributed by atoms with Gasteiger partial charge in [0.1, 0.15) is 6.54 Å². The zero-order valence-corrected chi connectivity index (χ0v) is 21.0. The van der Waals surface area contributed by atoms with Gasteiger partial charge >= 0.3 is 17.8 Å². The first-order valence-electron chi connectivity index (χ1n) is 12.7. The summed E-state index contributed by atoms with van der Waals surface area (Å²) in [5.41, 5.74) is 3.97. The average Bonchev–Trinajstić information content (AvgIpc) is 3.38. The Labute approximate surface area is 216 Å². The predicted octanol–water partition coefficient (Wildman–Crippen LogP) is 4.26. The van der Waals surface area contributed by atoms with Crippen LogP contribution in [-0.2, 0) is 14.4 Å². The number of hydrazone groups is 1. The maximum Gasteiger partial charge on any atom is 0.334 e. The summed E-state index contributed by atoms with van der Waals surface area (Å²) in [6.07, 6.45) is 4.82.